The van der Waals surface area contributed by atoms with Gasteiger partial charge < -0.3 is 19.1 Å². The molecule has 0 bridgehead atoms. The van der Waals surface area contributed by atoms with Crippen LogP contribution in [0.1, 0.15) is 29.7 Å². The van der Waals surface area contributed by atoms with Crippen molar-refractivity contribution in [3.05, 3.63) is 78.5 Å². The van der Waals surface area contributed by atoms with Crippen LogP contribution in [0, 0.1) is 0 Å². The van der Waals surface area contributed by atoms with Crippen LogP contribution in [-0.2, 0) is 18.3 Å². The second-order valence-electron chi connectivity index (χ2n) is 6.92. The number of hydrogen-bond donors (Lipinski definition) is 1. The fourth-order valence-corrected chi connectivity index (χ4v) is 3.18. The molecule has 9 heteroatoms. The van der Waals surface area contributed by atoms with E-state index in [0.29, 0.717) is 18.1 Å². The van der Waals surface area contributed by atoms with Crippen LogP contribution in [0.3, 0.4) is 0 Å². The van der Waals surface area contributed by atoms with Crippen LogP contribution in [0.5, 0.6) is 5.75 Å². The van der Waals surface area contributed by atoms with Crippen LogP contribution < -0.4 is 10.1 Å². The third kappa shape index (κ3) is 4.77. The minimum absolute atomic E-state index is 0.146. The Hall–Kier alpha value is -4.01. The maximum Gasteiger partial charge on any atom is 0.227 e. The molecular formula is C22H22N6O3. The van der Waals surface area contributed by atoms with E-state index in [1.165, 1.54) is 0 Å². The number of pyridine rings is 1. The van der Waals surface area contributed by atoms with Crippen molar-refractivity contribution in [2.45, 2.75) is 18.9 Å². The van der Waals surface area contributed by atoms with Gasteiger partial charge in [0.05, 0.1) is 7.11 Å². The Bertz CT molecular complexity index is 1140. The molecule has 0 saturated heterocycles. The summed E-state index contributed by atoms with van der Waals surface area (Å²) in [7, 11) is 3.51. The predicted octanol–water partition coefficient (Wildman–Crippen LogP) is 2.71. The summed E-state index contributed by atoms with van der Waals surface area (Å²) in [5.41, 5.74) is 1.71. The molecule has 1 amide bonds. The number of rotatable bonds is 8. The number of carbonyl (C=O) groups is 1. The number of hydrogen-bond acceptors (Lipinski definition) is 7. The molecule has 9 nitrogen and oxygen atoms in total. The number of nitrogens with zero attached hydrogens (tertiary/aromatic N) is 5. The van der Waals surface area contributed by atoms with E-state index in [4.69, 9.17) is 9.26 Å². The van der Waals surface area contributed by atoms with Gasteiger partial charge in [0, 0.05) is 50.2 Å². The predicted molar refractivity (Wildman–Crippen MR) is 112 cm³/mol. The highest BCUT2D eigenvalue weighted by molar-refractivity contribution is 5.77. The van der Waals surface area contributed by atoms with Crippen LogP contribution >= 0.6 is 0 Å². The monoisotopic (exact) mass is 418 g/mol. The van der Waals surface area contributed by atoms with E-state index in [1.807, 2.05) is 42.1 Å². The molecule has 1 atom stereocenters. The number of aromatic nitrogens is 5. The molecule has 4 aromatic rings. The topological polar surface area (TPSA) is 108 Å². The maximum atomic E-state index is 12.7. The normalized spacial score (nSPS) is 11.8. The van der Waals surface area contributed by atoms with Crippen LogP contribution in [-0.4, -0.2) is 37.7 Å². The van der Waals surface area contributed by atoms with E-state index in [0.717, 1.165) is 22.7 Å². The molecule has 1 unspecified atom stereocenters. The van der Waals surface area contributed by atoms with Crippen LogP contribution in [0.25, 0.3) is 11.4 Å². The van der Waals surface area contributed by atoms with Gasteiger partial charge in [-0.25, -0.2) is 4.98 Å². The quantitative estimate of drug-likeness (QED) is 0.469. The van der Waals surface area contributed by atoms with Crippen molar-refractivity contribution >= 4 is 5.91 Å². The van der Waals surface area contributed by atoms with Crippen molar-refractivity contribution in [2.75, 3.05) is 7.11 Å². The number of aryl methyl sites for hydroxylation is 2. The summed E-state index contributed by atoms with van der Waals surface area (Å²) in [6.45, 7) is 0. The van der Waals surface area contributed by atoms with Crippen LogP contribution in [0.4, 0.5) is 0 Å². The van der Waals surface area contributed by atoms with E-state index >= 15 is 0 Å². The maximum absolute atomic E-state index is 12.7. The van der Waals surface area contributed by atoms with Crippen molar-refractivity contribution in [3.63, 3.8) is 0 Å². The van der Waals surface area contributed by atoms with Gasteiger partial charge in [-0.1, -0.05) is 17.3 Å². The molecule has 158 valence electrons. The molecule has 0 aliphatic rings. The molecule has 3 aromatic heterocycles. The Morgan fingerprint density at radius 1 is 1.16 bits per heavy atom. The van der Waals surface area contributed by atoms with Crippen molar-refractivity contribution in [3.8, 4) is 17.1 Å². The molecule has 0 fully saturated rings. The zero-order chi connectivity index (χ0) is 21.6. The Morgan fingerprint density at radius 2 is 1.94 bits per heavy atom. The lowest BCUT2D eigenvalue weighted by molar-refractivity contribution is -0.121. The van der Waals surface area contributed by atoms with Gasteiger partial charge in [-0.3, -0.25) is 9.78 Å². The smallest absolute Gasteiger partial charge is 0.227 e. The standard InChI is InChI=1S/C22H22N6O3/c1-28-14-13-24-22(28)20(15-3-5-17(30-2)6-4-15)25-18(29)7-8-19-26-21(27-31-19)16-9-11-23-12-10-16/h3-6,9-14,20H,7-8H2,1-2H3,(H,25,29). The van der Waals surface area contributed by atoms with E-state index in [9.17, 15) is 4.79 Å². The number of benzene rings is 1. The summed E-state index contributed by atoms with van der Waals surface area (Å²) in [5.74, 6) is 2.21. The molecule has 0 aliphatic carbocycles. The summed E-state index contributed by atoms with van der Waals surface area (Å²) in [4.78, 5) is 25.5. The molecule has 31 heavy (non-hydrogen) atoms. The molecule has 0 saturated carbocycles. The summed E-state index contributed by atoms with van der Waals surface area (Å²) < 4.78 is 12.4. The summed E-state index contributed by atoms with van der Waals surface area (Å²) in [6, 6.07) is 10.7. The highest BCUT2D eigenvalue weighted by Crippen LogP contribution is 2.23. The average Bonchev–Trinajstić information content (AvgIpc) is 3.46. The van der Waals surface area contributed by atoms with Crippen molar-refractivity contribution < 1.29 is 14.1 Å². The summed E-state index contributed by atoms with van der Waals surface area (Å²) >= 11 is 0. The Morgan fingerprint density at radius 3 is 2.61 bits per heavy atom. The average molecular weight is 418 g/mol. The van der Waals surface area contributed by atoms with Gasteiger partial charge in [0.1, 0.15) is 17.6 Å². The molecule has 1 N–H and O–H groups in total. The third-order valence-corrected chi connectivity index (χ3v) is 4.84. The minimum Gasteiger partial charge on any atom is -0.497 e. The highest BCUT2D eigenvalue weighted by atomic mass is 16.5. The largest absolute Gasteiger partial charge is 0.497 e. The number of carbonyl (C=O) groups excluding carboxylic acids is 1. The lowest BCUT2D eigenvalue weighted by Gasteiger charge is -2.19. The first-order valence-electron chi connectivity index (χ1n) is 9.77. The minimum atomic E-state index is -0.395. The van der Waals surface area contributed by atoms with E-state index in [2.05, 4.69) is 25.4 Å². The van der Waals surface area contributed by atoms with E-state index in [-0.39, 0.29) is 12.3 Å². The Balaban J connectivity index is 1.44. The van der Waals surface area contributed by atoms with Crippen LogP contribution in [0.15, 0.2) is 65.7 Å². The zero-order valence-electron chi connectivity index (χ0n) is 17.2. The number of methoxy groups -OCH3 is 1. The van der Waals surface area contributed by atoms with Crippen LogP contribution in [0.2, 0.25) is 0 Å². The molecule has 1 aromatic carbocycles. The molecule has 4 rings (SSSR count). The van der Waals surface area contributed by atoms with Gasteiger partial charge in [-0.2, -0.15) is 4.98 Å². The summed E-state index contributed by atoms with van der Waals surface area (Å²) in [5, 5.41) is 7.03. The van der Waals surface area contributed by atoms with Gasteiger partial charge in [-0.15, -0.1) is 0 Å². The number of nitrogens with one attached hydrogen (secondary N) is 1. The summed E-state index contributed by atoms with van der Waals surface area (Å²) in [6.07, 6.45) is 7.41. The molecule has 0 spiro atoms. The molecular weight excluding hydrogens is 396 g/mol. The first kappa shape index (κ1) is 20.3. The number of imidazole rings is 1. The Kier molecular flexibility index (Phi) is 6.02. The van der Waals surface area contributed by atoms with Gasteiger partial charge in [0.15, 0.2) is 0 Å². The fourth-order valence-electron chi connectivity index (χ4n) is 3.18. The first-order chi connectivity index (χ1) is 15.1. The van der Waals surface area contributed by atoms with Crippen molar-refractivity contribution in [1.82, 2.24) is 30.0 Å². The first-order valence-corrected chi connectivity index (χ1v) is 9.77. The van der Waals surface area contributed by atoms with Gasteiger partial charge in [-0.05, 0) is 29.8 Å². The van der Waals surface area contributed by atoms with E-state index < -0.39 is 6.04 Å². The molecule has 3 heterocycles. The highest BCUT2D eigenvalue weighted by Gasteiger charge is 2.21. The number of amides is 1. The number of ether oxygens (including phenoxy) is 1. The van der Waals surface area contributed by atoms with Crippen molar-refractivity contribution in [1.29, 1.82) is 0 Å². The second kappa shape index (κ2) is 9.21. The Labute approximate surface area is 179 Å². The fraction of sp³-hybridized carbons (Fsp3) is 0.227. The molecule has 0 radical (unpaired) electrons. The van der Waals surface area contributed by atoms with Crippen molar-refractivity contribution in [2.24, 2.45) is 7.05 Å². The van der Waals surface area contributed by atoms with E-state index in [1.54, 1.807) is 37.8 Å². The lowest BCUT2D eigenvalue weighted by Crippen LogP contribution is -2.31. The lowest BCUT2D eigenvalue weighted by atomic mass is 10.1. The van der Waals surface area contributed by atoms with Gasteiger partial charge >= 0.3 is 0 Å². The molecule has 0 aliphatic heterocycles. The zero-order valence-corrected chi connectivity index (χ0v) is 17.2. The van der Waals surface area contributed by atoms with Gasteiger partial charge in [0.25, 0.3) is 0 Å². The second-order valence-corrected chi connectivity index (χ2v) is 6.92. The van der Waals surface area contributed by atoms with Gasteiger partial charge in [0.2, 0.25) is 17.6 Å². The third-order valence-electron chi connectivity index (χ3n) is 4.84. The SMILES string of the molecule is COc1ccc(C(NC(=O)CCc2nc(-c3ccncc3)no2)c2nccn2C)cc1.